The summed E-state index contributed by atoms with van der Waals surface area (Å²) in [7, 11) is 0. The van der Waals surface area contributed by atoms with Gasteiger partial charge in [0.05, 0.1) is 6.26 Å². The van der Waals surface area contributed by atoms with Gasteiger partial charge < -0.3 is 10.1 Å². The van der Waals surface area contributed by atoms with E-state index in [0.29, 0.717) is 11.5 Å². The first-order chi connectivity index (χ1) is 7.79. The minimum absolute atomic E-state index is 0.400. The Balaban J connectivity index is 1.64. The molecule has 1 heterocycles. The molecule has 1 atom stereocenters. The van der Waals surface area contributed by atoms with E-state index in [-0.39, 0.29) is 0 Å². The van der Waals surface area contributed by atoms with Gasteiger partial charge in [-0.1, -0.05) is 26.2 Å². The third-order valence-electron chi connectivity index (χ3n) is 4.01. The maximum absolute atomic E-state index is 5.56. The molecule has 0 aromatic heterocycles. The molecule has 0 aromatic carbocycles. The largest absolute Gasteiger partial charge is 0.497 e. The number of rotatable bonds is 4. The molecule has 1 saturated carbocycles. The Hall–Kier alpha value is -0.500. The van der Waals surface area contributed by atoms with Crippen molar-refractivity contribution < 1.29 is 4.74 Å². The Morgan fingerprint density at radius 1 is 1.31 bits per heavy atom. The van der Waals surface area contributed by atoms with Crippen LogP contribution in [0.15, 0.2) is 12.3 Å². The van der Waals surface area contributed by atoms with Crippen molar-refractivity contribution >= 4 is 0 Å². The van der Waals surface area contributed by atoms with E-state index in [9.17, 15) is 0 Å². The summed E-state index contributed by atoms with van der Waals surface area (Å²) in [5.74, 6) is 0. The summed E-state index contributed by atoms with van der Waals surface area (Å²) >= 11 is 0. The zero-order valence-electron chi connectivity index (χ0n) is 10.5. The average molecular weight is 223 g/mol. The van der Waals surface area contributed by atoms with E-state index >= 15 is 0 Å². The molecule has 0 spiro atoms. The molecule has 2 heteroatoms. The van der Waals surface area contributed by atoms with E-state index in [0.717, 1.165) is 13.1 Å². The molecule has 2 aliphatic rings. The lowest BCUT2D eigenvalue weighted by Gasteiger charge is -2.34. The highest BCUT2D eigenvalue weighted by atomic mass is 16.5. The molecule has 0 radical (unpaired) electrons. The van der Waals surface area contributed by atoms with Gasteiger partial charge in [-0.15, -0.1) is 0 Å². The molecule has 1 N–H and O–H groups in total. The lowest BCUT2D eigenvalue weighted by atomic mass is 9.76. The molecule has 1 unspecified atom stereocenters. The van der Waals surface area contributed by atoms with E-state index in [2.05, 4.69) is 18.3 Å². The van der Waals surface area contributed by atoms with Crippen molar-refractivity contribution in [2.45, 2.75) is 58.0 Å². The van der Waals surface area contributed by atoms with Gasteiger partial charge in [-0.05, 0) is 37.2 Å². The van der Waals surface area contributed by atoms with Crippen molar-refractivity contribution in [1.29, 1.82) is 0 Å². The number of hydrogen-bond acceptors (Lipinski definition) is 2. The summed E-state index contributed by atoms with van der Waals surface area (Å²) in [6, 6.07) is 0. The summed E-state index contributed by atoms with van der Waals surface area (Å²) in [4.78, 5) is 0. The van der Waals surface area contributed by atoms with Crippen LogP contribution in [-0.2, 0) is 4.74 Å². The van der Waals surface area contributed by atoms with Gasteiger partial charge in [0.1, 0.15) is 6.10 Å². The Bertz CT molecular complexity index is 231. The molecule has 0 aromatic rings. The molecule has 0 saturated heterocycles. The predicted molar refractivity (Wildman–Crippen MR) is 67.3 cm³/mol. The van der Waals surface area contributed by atoms with Gasteiger partial charge in [0.2, 0.25) is 0 Å². The smallest absolute Gasteiger partial charge is 0.110 e. The highest BCUT2D eigenvalue weighted by Gasteiger charge is 2.26. The molecule has 2 rings (SSSR count). The van der Waals surface area contributed by atoms with Crippen LogP contribution in [0, 0.1) is 5.41 Å². The topological polar surface area (TPSA) is 21.3 Å². The quantitative estimate of drug-likeness (QED) is 0.790. The third kappa shape index (κ3) is 3.51. The Morgan fingerprint density at radius 2 is 2.12 bits per heavy atom. The number of nitrogens with one attached hydrogen (secondary N) is 1. The van der Waals surface area contributed by atoms with Gasteiger partial charge >= 0.3 is 0 Å². The summed E-state index contributed by atoms with van der Waals surface area (Å²) in [6.45, 7) is 4.61. The van der Waals surface area contributed by atoms with Gasteiger partial charge in [-0.2, -0.15) is 0 Å². The van der Waals surface area contributed by atoms with Crippen LogP contribution in [0.1, 0.15) is 51.9 Å². The third-order valence-corrected chi connectivity index (χ3v) is 4.01. The number of allylic oxidation sites excluding steroid dienone is 1. The van der Waals surface area contributed by atoms with E-state index in [1.165, 1.54) is 44.9 Å². The molecule has 1 fully saturated rings. The van der Waals surface area contributed by atoms with Crippen molar-refractivity contribution in [3.05, 3.63) is 12.3 Å². The fraction of sp³-hybridized carbons (Fsp3) is 0.857. The first-order valence-corrected chi connectivity index (χ1v) is 6.80. The van der Waals surface area contributed by atoms with Crippen molar-refractivity contribution in [2.75, 3.05) is 13.1 Å². The van der Waals surface area contributed by atoms with E-state index in [1.807, 2.05) is 6.26 Å². The van der Waals surface area contributed by atoms with Gasteiger partial charge in [-0.3, -0.25) is 0 Å². The lowest BCUT2D eigenvalue weighted by molar-refractivity contribution is 0.114. The molecule has 0 amide bonds. The highest BCUT2D eigenvalue weighted by Crippen LogP contribution is 2.34. The molecular weight excluding hydrogens is 198 g/mol. The fourth-order valence-corrected chi connectivity index (χ4v) is 2.85. The zero-order valence-corrected chi connectivity index (χ0v) is 10.5. The maximum Gasteiger partial charge on any atom is 0.110 e. The summed E-state index contributed by atoms with van der Waals surface area (Å²) in [6.07, 6.45) is 13.8. The monoisotopic (exact) mass is 223 g/mol. The van der Waals surface area contributed by atoms with Crippen molar-refractivity contribution in [3.8, 4) is 0 Å². The Labute approximate surface area is 99.4 Å². The average Bonchev–Trinajstić information content (AvgIpc) is 2.31. The van der Waals surface area contributed by atoms with E-state index < -0.39 is 0 Å². The summed E-state index contributed by atoms with van der Waals surface area (Å²) < 4.78 is 5.56. The molecule has 92 valence electrons. The highest BCUT2D eigenvalue weighted by molar-refractivity contribution is 4.85. The van der Waals surface area contributed by atoms with Crippen LogP contribution in [0.5, 0.6) is 0 Å². The van der Waals surface area contributed by atoms with Crippen LogP contribution in [0.3, 0.4) is 0 Å². The molecule has 2 nitrogen and oxygen atoms in total. The van der Waals surface area contributed by atoms with Crippen LogP contribution in [0.25, 0.3) is 0 Å². The molecule has 1 aliphatic carbocycles. The fourth-order valence-electron chi connectivity index (χ4n) is 2.85. The van der Waals surface area contributed by atoms with Gasteiger partial charge in [0.25, 0.3) is 0 Å². The Morgan fingerprint density at radius 3 is 2.81 bits per heavy atom. The minimum atomic E-state index is 0.400. The first kappa shape index (κ1) is 12.0. The standard InChI is InChI=1S/C14H25NO/c1-14(8-4-2-5-9-14)12-15-11-13-7-3-6-10-16-13/h6,10,13,15H,2-5,7-9,11-12H2,1H3. The lowest BCUT2D eigenvalue weighted by Crippen LogP contribution is -2.38. The first-order valence-electron chi connectivity index (χ1n) is 6.80. The molecular formula is C14H25NO. The predicted octanol–water partition coefficient (Wildman–Crippen LogP) is 3.24. The summed E-state index contributed by atoms with van der Waals surface area (Å²) in [5, 5.41) is 3.61. The van der Waals surface area contributed by atoms with Crippen molar-refractivity contribution in [1.82, 2.24) is 5.32 Å². The van der Waals surface area contributed by atoms with E-state index in [1.54, 1.807) is 0 Å². The molecule has 0 bridgehead atoms. The number of ether oxygens (including phenoxy) is 1. The van der Waals surface area contributed by atoms with E-state index in [4.69, 9.17) is 4.74 Å². The molecule has 1 aliphatic heterocycles. The minimum Gasteiger partial charge on any atom is -0.497 e. The van der Waals surface area contributed by atoms with Crippen LogP contribution < -0.4 is 5.32 Å². The second-order valence-corrected chi connectivity index (χ2v) is 5.71. The van der Waals surface area contributed by atoms with Crippen LogP contribution in [0.4, 0.5) is 0 Å². The SMILES string of the molecule is CC1(CNCC2CCC=CO2)CCCCC1. The maximum atomic E-state index is 5.56. The molecule has 16 heavy (non-hydrogen) atoms. The van der Waals surface area contributed by atoms with Crippen LogP contribution in [-0.4, -0.2) is 19.2 Å². The summed E-state index contributed by atoms with van der Waals surface area (Å²) in [5.41, 5.74) is 0.544. The normalized spacial score (nSPS) is 28.7. The van der Waals surface area contributed by atoms with Crippen molar-refractivity contribution in [3.63, 3.8) is 0 Å². The second kappa shape index (κ2) is 5.72. The van der Waals surface area contributed by atoms with Gasteiger partial charge in [-0.25, -0.2) is 0 Å². The Kier molecular flexibility index (Phi) is 4.28. The van der Waals surface area contributed by atoms with Crippen LogP contribution >= 0.6 is 0 Å². The second-order valence-electron chi connectivity index (χ2n) is 5.71. The number of hydrogen-bond donors (Lipinski definition) is 1. The van der Waals surface area contributed by atoms with Gasteiger partial charge in [0.15, 0.2) is 0 Å². The zero-order chi connectivity index (χ0) is 11.3. The van der Waals surface area contributed by atoms with Crippen molar-refractivity contribution in [2.24, 2.45) is 5.41 Å². The van der Waals surface area contributed by atoms with Crippen LogP contribution in [0.2, 0.25) is 0 Å². The van der Waals surface area contributed by atoms with Gasteiger partial charge in [0, 0.05) is 13.1 Å².